The third kappa shape index (κ3) is 6.50. The summed E-state index contributed by atoms with van der Waals surface area (Å²) < 4.78 is 42.8. The van der Waals surface area contributed by atoms with Crippen LogP contribution in [0.2, 0.25) is 0 Å². The first kappa shape index (κ1) is 25.5. The second-order valence-corrected chi connectivity index (χ2v) is 9.97. The van der Waals surface area contributed by atoms with Crippen LogP contribution in [0, 0.1) is 0 Å². The van der Waals surface area contributed by atoms with Crippen molar-refractivity contribution in [2.75, 3.05) is 0 Å². The fourth-order valence-corrected chi connectivity index (χ4v) is 4.89. The van der Waals surface area contributed by atoms with Gasteiger partial charge in [-0.2, -0.15) is 18.2 Å². The van der Waals surface area contributed by atoms with Crippen LogP contribution in [-0.4, -0.2) is 22.6 Å². The van der Waals surface area contributed by atoms with Gasteiger partial charge in [-0.3, -0.25) is 10.2 Å². The van der Waals surface area contributed by atoms with Crippen LogP contribution in [0.5, 0.6) is 0 Å². The number of carbonyl (C=O) groups is 1. The first-order valence-corrected chi connectivity index (χ1v) is 12.3. The molecule has 1 N–H and O–H groups in total. The Hall–Kier alpha value is -2.08. The molecule has 3 rings (SSSR count). The average Bonchev–Trinajstić information content (AvgIpc) is 3.00. The van der Waals surface area contributed by atoms with Gasteiger partial charge in [0.05, 0.1) is 0 Å². The van der Waals surface area contributed by atoms with Crippen LogP contribution in [0.4, 0.5) is 13.2 Å². The second-order valence-electron chi connectivity index (χ2n) is 9.97. The van der Waals surface area contributed by atoms with Crippen LogP contribution >= 0.6 is 0 Å². The van der Waals surface area contributed by atoms with Gasteiger partial charge < -0.3 is 0 Å². The maximum atomic E-state index is 14.3. The number of hydrogen-bond donors (Lipinski definition) is 1. The third-order valence-electron chi connectivity index (χ3n) is 6.65. The van der Waals surface area contributed by atoms with Gasteiger partial charge >= 0.3 is 6.18 Å². The fraction of sp³-hybridized carbons (Fsp3) is 0.593. The molecule has 0 bridgehead atoms. The van der Waals surface area contributed by atoms with E-state index in [0.29, 0.717) is 5.39 Å². The van der Waals surface area contributed by atoms with E-state index in [1.807, 2.05) is 24.3 Å². The van der Waals surface area contributed by atoms with Gasteiger partial charge in [0.1, 0.15) is 0 Å². The molecule has 6 heteroatoms. The first-order chi connectivity index (χ1) is 15.6. The minimum atomic E-state index is -4.53. The molecule has 1 atom stereocenters. The number of alkyl halides is 3. The first-order valence-electron chi connectivity index (χ1n) is 12.3. The monoisotopic (exact) mass is 462 g/mol. The molecule has 2 aromatic carbocycles. The van der Waals surface area contributed by atoms with E-state index in [1.165, 1.54) is 51.0 Å². The minimum absolute atomic E-state index is 0.0348. The van der Waals surface area contributed by atoms with Gasteiger partial charge in [-0.15, -0.1) is 0 Å². The Morgan fingerprint density at radius 2 is 1.67 bits per heavy atom. The molecule has 0 unspecified atom stereocenters. The summed E-state index contributed by atoms with van der Waals surface area (Å²) in [6.07, 6.45) is 6.45. The Bertz CT molecular complexity index is 939. The highest BCUT2D eigenvalue weighted by Gasteiger charge is 2.53. The number of rotatable bonds is 11. The number of hydrazine groups is 1. The number of unbranched alkanes of at least 4 members (excludes halogenated alkanes) is 7. The number of amides is 1. The fourth-order valence-electron chi connectivity index (χ4n) is 4.89. The lowest BCUT2D eigenvalue weighted by molar-refractivity contribution is -0.203. The summed E-state index contributed by atoms with van der Waals surface area (Å²) in [4.78, 5) is 11.9. The molecule has 0 radical (unpaired) electrons. The maximum Gasteiger partial charge on any atom is 0.409 e. The summed E-state index contributed by atoms with van der Waals surface area (Å²) in [5.41, 5.74) is 2.85. The number of nitrogens with one attached hydrogen (secondary N) is 1. The number of hydrogen-bond acceptors (Lipinski definition) is 2. The zero-order valence-electron chi connectivity index (χ0n) is 20.1. The van der Waals surface area contributed by atoms with Gasteiger partial charge in [-0.25, -0.2) is 0 Å². The van der Waals surface area contributed by atoms with Crippen LogP contribution in [-0.2, 0) is 11.2 Å². The summed E-state index contributed by atoms with van der Waals surface area (Å²) >= 11 is 0. The smallest absolute Gasteiger partial charge is 0.287 e. The highest BCUT2D eigenvalue weighted by molar-refractivity contribution is 5.87. The summed E-state index contributed by atoms with van der Waals surface area (Å²) in [6, 6.07) is 8.96. The van der Waals surface area contributed by atoms with Crippen molar-refractivity contribution in [2.45, 2.75) is 103 Å². The molecule has 0 aromatic heterocycles. The van der Waals surface area contributed by atoms with E-state index in [-0.39, 0.29) is 17.9 Å². The van der Waals surface area contributed by atoms with Crippen molar-refractivity contribution in [3.05, 3.63) is 47.5 Å². The topological polar surface area (TPSA) is 32.3 Å². The highest BCUT2D eigenvalue weighted by Crippen LogP contribution is 2.44. The van der Waals surface area contributed by atoms with E-state index < -0.39 is 17.8 Å². The van der Waals surface area contributed by atoms with E-state index in [2.05, 4.69) is 12.3 Å². The molecule has 1 fully saturated rings. The Labute approximate surface area is 195 Å². The molecule has 1 aliphatic heterocycles. The Kier molecular flexibility index (Phi) is 8.43. The molecule has 3 nitrogen and oxygen atoms in total. The Morgan fingerprint density at radius 3 is 2.27 bits per heavy atom. The molecule has 1 heterocycles. The number of carbonyl (C=O) groups excluding carboxylic acids is 1. The summed E-state index contributed by atoms with van der Waals surface area (Å²) in [6.45, 7) is 5.55. The van der Waals surface area contributed by atoms with E-state index >= 15 is 0 Å². The van der Waals surface area contributed by atoms with Gasteiger partial charge in [0.15, 0.2) is 6.04 Å². The van der Waals surface area contributed by atoms with Crippen molar-refractivity contribution in [1.82, 2.24) is 10.4 Å². The summed E-state index contributed by atoms with van der Waals surface area (Å²) in [5, 5.41) is 2.47. The minimum Gasteiger partial charge on any atom is -0.287 e. The van der Waals surface area contributed by atoms with Gasteiger partial charge in [0.2, 0.25) is 5.91 Å². The number of nitrogens with zero attached hydrogens (tertiary/aromatic N) is 1. The quantitative estimate of drug-likeness (QED) is 0.348. The molecule has 33 heavy (non-hydrogen) atoms. The van der Waals surface area contributed by atoms with Crippen molar-refractivity contribution >= 4 is 16.7 Å². The van der Waals surface area contributed by atoms with Crippen LogP contribution in [0.25, 0.3) is 10.8 Å². The number of benzene rings is 2. The Morgan fingerprint density at radius 1 is 1.00 bits per heavy atom. The van der Waals surface area contributed by atoms with Crippen molar-refractivity contribution in [3.8, 4) is 0 Å². The zero-order chi connectivity index (χ0) is 24.1. The van der Waals surface area contributed by atoms with Gasteiger partial charge in [0, 0.05) is 12.0 Å². The molecule has 1 aliphatic rings. The standard InChI is InChI=1S/C27H37F3N2O/c1-4-5-6-7-8-9-10-11-13-20-16-17-22-21(18-20)14-12-15-23(22)25(27(28,29)30)32-26(2,3)19-24(33)31-32/h12,14-18,25H,4-11,13,19H2,1-3H3,(H,31,33)/t25-/m0/s1. The van der Waals surface area contributed by atoms with Crippen LogP contribution in [0.3, 0.4) is 0 Å². The van der Waals surface area contributed by atoms with Gasteiger partial charge in [-0.1, -0.05) is 88.3 Å². The lowest BCUT2D eigenvalue weighted by Crippen LogP contribution is -2.51. The highest BCUT2D eigenvalue weighted by atomic mass is 19.4. The van der Waals surface area contributed by atoms with Crippen LogP contribution in [0.1, 0.15) is 95.7 Å². The third-order valence-corrected chi connectivity index (χ3v) is 6.65. The van der Waals surface area contributed by atoms with E-state index in [0.717, 1.165) is 28.8 Å². The van der Waals surface area contributed by atoms with Crippen molar-refractivity contribution < 1.29 is 18.0 Å². The van der Waals surface area contributed by atoms with E-state index in [9.17, 15) is 18.0 Å². The van der Waals surface area contributed by atoms with Crippen LogP contribution in [0.15, 0.2) is 36.4 Å². The van der Waals surface area contributed by atoms with E-state index in [1.54, 1.807) is 19.9 Å². The molecular weight excluding hydrogens is 425 g/mol. The molecule has 1 saturated heterocycles. The zero-order valence-corrected chi connectivity index (χ0v) is 20.1. The number of aryl methyl sites for hydroxylation is 1. The van der Waals surface area contributed by atoms with E-state index in [4.69, 9.17) is 0 Å². The normalized spacial score (nSPS) is 17.5. The van der Waals surface area contributed by atoms with Crippen molar-refractivity contribution in [3.63, 3.8) is 0 Å². The predicted molar refractivity (Wildman–Crippen MR) is 128 cm³/mol. The van der Waals surface area contributed by atoms with Crippen LogP contribution < -0.4 is 5.43 Å². The van der Waals surface area contributed by atoms with Crippen molar-refractivity contribution in [2.24, 2.45) is 0 Å². The molecule has 2 aromatic rings. The van der Waals surface area contributed by atoms with Gasteiger partial charge in [0.25, 0.3) is 0 Å². The molecular formula is C27H37F3N2O. The molecule has 0 spiro atoms. The SMILES string of the molecule is CCCCCCCCCCc1ccc2c([C@H](N3NC(=O)CC3(C)C)C(F)(F)F)cccc2c1. The lowest BCUT2D eigenvalue weighted by Gasteiger charge is -2.38. The summed E-state index contributed by atoms with van der Waals surface area (Å²) in [7, 11) is 0. The molecule has 1 amide bonds. The summed E-state index contributed by atoms with van der Waals surface area (Å²) in [5.74, 6) is -0.387. The largest absolute Gasteiger partial charge is 0.409 e. The predicted octanol–water partition coefficient (Wildman–Crippen LogP) is 7.64. The van der Waals surface area contributed by atoms with Gasteiger partial charge in [-0.05, 0) is 48.6 Å². The number of halogens is 3. The molecule has 182 valence electrons. The number of fused-ring (bicyclic) bond motifs is 1. The lowest BCUT2D eigenvalue weighted by atomic mass is 9.92. The average molecular weight is 463 g/mol. The molecule has 0 saturated carbocycles. The maximum absolute atomic E-state index is 14.3. The Balaban J connectivity index is 1.74. The molecule has 0 aliphatic carbocycles. The second kappa shape index (κ2) is 10.9. The van der Waals surface area contributed by atoms with Crippen molar-refractivity contribution in [1.29, 1.82) is 0 Å².